The van der Waals surface area contributed by atoms with E-state index in [0.29, 0.717) is 49.1 Å². The first-order chi connectivity index (χ1) is 14.4. The number of nitrogens with one attached hydrogen (secondary N) is 1. The Morgan fingerprint density at radius 2 is 1.83 bits per heavy atom. The van der Waals surface area contributed by atoms with Gasteiger partial charge in [0.25, 0.3) is 0 Å². The molecule has 9 heteroatoms. The number of carbonyl (C=O) groups excluding carboxylic acids is 1. The van der Waals surface area contributed by atoms with Gasteiger partial charge in [0.1, 0.15) is 19.0 Å². The van der Waals surface area contributed by atoms with Crippen LogP contribution >= 0.6 is 0 Å². The number of carbonyl (C=O) groups is 1. The van der Waals surface area contributed by atoms with Crippen LogP contribution in [0.5, 0.6) is 11.5 Å². The number of pyridine rings is 1. The third-order valence-corrected chi connectivity index (χ3v) is 5.20. The van der Waals surface area contributed by atoms with E-state index >= 15 is 0 Å². The van der Waals surface area contributed by atoms with Crippen molar-refractivity contribution >= 4 is 11.7 Å². The Kier molecular flexibility index (Phi) is 5.80. The van der Waals surface area contributed by atoms with Crippen LogP contribution < -0.4 is 14.8 Å². The van der Waals surface area contributed by atoms with Crippen LogP contribution in [0.3, 0.4) is 0 Å². The van der Waals surface area contributed by atoms with Crippen molar-refractivity contribution in [3.8, 4) is 22.8 Å². The molecule has 0 spiro atoms. The summed E-state index contributed by atoms with van der Waals surface area (Å²) in [6.07, 6.45) is -3.43. The van der Waals surface area contributed by atoms with E-state index in [1.807, 2.05) is 24.3 Å². The van der Waals surface area contributed by atoms with Crippen molar-refractivity contribution < 1.29 is 27.4 Å². The summed E-state index contributed by atoms with van der Waals surface area (Å²) in [5, 5.41) is 2.80. The molecule has 0 unspecified atom stereocenters. The average molecular weight is 421 g/mol. The van der Waals surface area contributed by atoms with Crippen LogP contribution in [-0.4, -0.2) is 54.8 Å². The summed E-state index contributed by atoms with van der Waals surface area (Å²) in [5.74, 6) is 1.21. The molecule has 1 aromatic carbocycles. The number of piperidine rings is 1. The van der Waals surface area contributed by atoms with Crippen molar-refractivity contribution in [2.75, 3.05) is 38.2 Å². The molecular formula is C21H22F3N3O3. The van der Waals surface area contributed by atoms with Crippen molar-refractivity contribution in [3.63, 3.8) is 0 Å². The SMILES string of the molecule is O=C(Nc1cccc(-c2ccc3c(c2)OCCO3)n1)C1CCN(CC(F)(F)F)CC1. The van der Waals surface area contributed by atoms with Crippen LogP contribution in [0.1, 0.15) is 12.8 Å². The second-order valence-corrected chi connectivity index (χ2v) is 7.42. The van der Waals surface area contributed by atoms with E-state index in [1.54, 1.807) is 12.1 Å². The minimum atomic E-state index is -4.21. The normalized spacial score (nSPS) is 17.6. The summed E-state index contributed by atoms with van der Waals surface area (Å²) in [4.78, 5) is 18.4. The molecule has 1 saturated heterocycles. The number of hydrogen-bond acceptors (Lipinski definition) is 5. The third-order valence-electron chi connectivity index (χ3n) is 5.20. The van der Waals surface area contributed by atoms with Gasteiger partial charge < -0.3 is 14.8 Å². The largest absolute Gasteiger partial charge is 0.486 e. The van der Waals surface area contributed by atoms with Crippen molar-refractivity contribution in [3.05, 3.63) is 36.4 Å². The maximum atomic E-state index is 12.6. The standard InChI is InChI=1S/C21H22F3N3O3/c22-21(23,24)13-27-8-6-14(7-9-27)20(28)26-19-3-1-2-16(25-19)15-4-5-17-18(12-15)30-11-10-29-17/h1-5,12,14H,6-11,13H2,(H,25,26,28). The Labute approximate surface area is 172 Å². The maximum Gasteiger partial charge on any atom is 0.401 e. The molecule has 1 amide bonds. The number of likely N-dealkylation sites (tertiary alicyclic amines) is 1. The van der Waals surface area contributed by atoms with Crippen LogP contribution in [0.2, 0.25) is 0 Å². The van der Waals surface area contributed by atoms with Gasteiger partial charge in [-0.15, -0.1) is 0 Å². The predicted molar refractivity (Wildman–Crippen MR) is 105 cm³/mol. The highest BCUT2D eigenvalue weighted by Gasteiger charge is 2.34. The summed E-state index contributed by atoms with van der Waals surface area (Å²) in [7, 11) is 0. The second-order valence-electron chi connectivity index (χ2n) is 7.42. The summed E-state index contributed by atoms with van der Waals surface area (Å²) >= 11 is 0. The van der Waals surface area contributed by atoms with Gasteiger partial charge in [0.2, 0.25) is 5.91 Å². The van der Waals surface area contributed by atoms with E-state index < -0.39 is 12.7 Å². The number of nitrogens with zero attached hydrogens (tertiary/aromatic N) is 2. The molecule has 4 rings (SSSR count). The Morgan fingerprint density at radius 3 is 2.57 bits per heavy atom. The van der Waals surface area contributed by atoms with Crippen LogP contribution in [0, 0.1) is 5.92 Å². The number of rotatable bonds is 4. The van der Waals surface area contributed by atoms with Crippen LogP contribution in [-0.2, 0) is 4.79 Å². The van der Waals surface area contributed by atoms with Crippen molar-refractivity contribution in [2.24, 2.45) is 5.92 Å². The summed E-state index contributed by atoms with van der Waals surface area (Å²) < 4.78 is 48.7. The lowest BCUT2D eigenvalue weighted by Gasteiger charge is -2.31. The summed E-state index contributed by atoms with van der Waals surface area (Å²) in [6.45, 7) is 0.577. The number of hydrogen-bond donors (Lipinski definition) is 1. The van der Waals surface area contributed by atoms with Crippen molar-refractivity contribution in [1.29, 1.82) is 0 Å². The van der Waals surface area contributed by atoms with E-state index in [0.717, 1.165) is 5.56 Å². The number of fused-ring (bicyclic) bond motifs is 1. The lowest BCUT2D eigenvalue weighted by molar-refractivity contribution is -0.149. The van der Waals surface area contributed by atoms with Gasteiger partial charge >= 0.3 is 6.18 Å². The van der Waals surface area contributed by atoms with Crippen LogP contribution in [0.25, 0.3) is 11.3 Å². The molecule has 2 aromatic rings. The molecule has 30 heavy (non-hydrogen) atoms. The Hall–Kier alpha value is -2.81. The quantitative estimate of drug-likeness (QED) is 0.815. The molecule has 3 heterocycles. The number of ether oxygens (including phenoxy) is 2. The highest BCUT2D eigenvalue weighted by Crippen LogP contribution is 2.34. The Balaban J connectivity index is 1.38. The van der Waals surface area contributed by atoms with Gasteiger partial charge in [0.05, 0.1) is 12.2 Å². The number of aromatic nitrogens is 1. The second kappa shape index (κ2) is 8.51. The molecule has 6 nitrogen and oxygen atoms in total. The zero-order valence-electron chi connectivity index (χ0n) is 16.2. The molecular weight excluding hydrogens is 399 g/mol. The molecule has 0 atom stereocenters. The fourth-order valence-corrected chi connectivity index (χ4v) is 3.70. The highest BCUT2D eigenvalue weighted by atomic mass is 19.4. The first kappa shape index (κ1) is 20.5. The van der Waals surface area contributed by atoms with E-state index in [-0.39, 0.29) is 24.9 Å². The number of amides is 1. The Morgan fingerprint density at radius 1 is 1.10 bits per heavy atom. The minimum Gasteiger partial charge on any atom is -0.486 e. The van der Waals surface area contributed by atoms with Gasteiger partial charge in [0, 0.05) is 11.5 Å². The molecule has 1 fully saturated rings. The number of benzene rings is 1. The van der Waals surface area contributed by atoms with Gasteiger partial charge in [-0.2, -0.15) is 13.2 Å². The number of halogens is 3. The monoisotopic (exact) mass is 421 g/mol. The maximum absolute atomic E-state index is 12.6. The smallest absolute Gasteiger partial charge is 0.401 e. The van der Waals surface area contributed by atoms with E-state index in [4.69, 9.17) is 9.47 Å². The van der Waals surface area contributed by atoms with Crippen molar-refractivity contribution in [2.45, 2.75) is 19.0 Å². The highest BCUT2D eigenvalue weighted by molar-refractivity contribution is 5.92. The van der Waals surface area contributed by atoms with Gasteiger partial charge in [-0.3, -0.25) is 9.69 Å². The molecule has 2 aliphatic rings. The summed E-state index contributed by atoms with van der Waals surface area (Å²) in [5.41, 5.74) is 1.50. The molecule has 1 N–H and O–H groups in total. The lowest BCUT2D eigenvalue weighted by Crippen LogP contribution is -2.42. The molecule has 2 aliphatic heterocycles. The van der Waals surface area contributed by atoms with Gasteiger partial charge in [-0.1, -0.05) is 6.07 Å². The van der Waals surface area contributed by atoms with Gasteiger partial charge in [-0.05, 0) is 56.3 Å². The van der Waals surface area contributed by atoms with Gasteiger partial charge in [0.15, 0.2) is 11.5 Å². The fourth-order valence-electron chi connectivity index (χ4n) is 3.70. The zero-order valence-corrected chi connectivity index (χ0v) is 16.2. The molecule has 0 aliphatic carbocycles. The van der Waals surface area contributed by atoms with E-state index in [9.17, 15) is 18.0 Å². The fraction of sp³-hybridized carbons (Fsp3) is 0.429. The molecule has 0 radical (unpaired) electrons. The zero-order chi connectivity index (χ0) is 21.1. The summed E-state index contributed by atoms with van der Waals surface area (Å²) in [6, 6.07) is 10.9. The molecule has 0 bridgehead atoms. The third kappa shape index (κ3) is 5.02. The van der Waals surface area contributed by atoms with E-state index in [2.05, 4.69) is 10.3 Å². The average Bonchev–Trinajstić information content (AvgIpc) is 2.73. The van der Waals surface area contributed by atoms with Crippen LogP contribution in [0.4, 0.5) is 19.0 Å². The first-order valence-corrected chi connectivity index (χ1v) is 9.84. The van der Waals surface area contributed by atoms with E-state index in [1.165, 1.54) is 4.90 Å². The minimum absolute atomic E-state index is 0.214. The number of alkyl halides is 3. The lowest BCUT2D eigenvalue weighted by atomic mass is 9.96. The predicted octanol–water partition coefficient (Wildman–Crippen LogP) is 3.73. The molecule has 1 aromatic heterocycles. The first-order valence-electron chi connectivity index (χ1n) is 9.84. The molecule has 160 valence electrons. The topological polar surface area (TPSA) is 63.7 Å². The Bertz CT molecular complexity index is 912. The molecule has 0 saturated carbocycles. The number of anilines is 1. The van der Waals surface area contributed by atoms with Crippen LogP contribution in [0.15, 0.2) is 36.4 Å². The van der Waals surface area contributed by atoms with Crippen molar-refractivity contribution in [1.82, 2.24) is 9.88 Å². The van der Waals surface area contributed by atoms with Gasteiger partial charge in [-0.25, -0.2) is 4.98 Å².